The van der Waals surface area contributed by atoms with Crippen molar-refractivity contribution in [2.75, 3.05) is 12.4 Å². The number of halogens is 2. The van der Waals surface area contributed by atoms with Crippen molar-refractivity contribution in [3.8, 4) is 11.6 Å². The predicted octanol–water partition coefficient (Wildman–Crippen LogP) is 3.98. The molecular formula is C14H13ClFN3O. The number of rotatable bonds is 4. The van der Waals surface area contributed by atoms with Crippen LogP contribution in [0.15, 0.2) is 24.3 Å². The normalized spacial score (nSPS) is 14.2. The van der Waals surface area contributed by atoms with Crippen LogP contribution in [0.5, 0.6) is 11.6 Å². The first-order chi connectivity index (χ1) is 9.67. The maximum absolute atomic E-state index is 13.8. The standard InChI is InChI=1S/C14H13ClFN3O/c1-17-11-7-12(19-14(18-11)8-5-6-8)20-10-4-2-3-9(15)13(10)16/h2-4,7-8H,5-6H2,1H3,(H,17,18,19). The molecule has 1 saturated carbocycles. The van der Waals surface area contributed by atoms with Gasteiger partial charge in [-0.15, -0.1) is 0 Å². The van der Waals surface area contributed by atoms with Gasteiger partial charge in [0.25, 0.3) is 0 Å². The molecule has 4 nitrogen and oxygen atoms in total. The summed E-state index contributed by atoms with van der Waals surface area (Å²) >= 11 is 5.73. The third-order valence-corrected chi connectivity index (χ3v) is 3.34. The Balaban J connectivity index is 1.93. The Bertz CT molecular complexity index is 646. The molecule has 1 N–H and O–H groups in total. The molecule has 0 atom stereocenters. The fourth-order valence-electron chi connectivity index (χ4n) is 1.82. The molecule has 0 saturated heterocycles. The van der Waals surface area contributed by atoms with Crippen molar-refractivity contribution in [3.05, 3.63) is 40.9 Å². The Kier molecular flexibility index (Phi) is 3.44. The van der Waals surface area contributed by atoms with Gasteiger partial charge in [-0.25, -0.2) is 9.37 Å². The number of hydrogen-bond donors (Lipinski definition) is 1. The molecular weight excluding hydrogens is 281 g/mol. The minimum absolute atomic E-state index is 0.0211. The summed E-state index contributed by atoms with van der Waals surface area (Å²) in [5, 5.41) is 2.97. The topological polar surface area (TPSA) is 47.0 Å². The first kappa shape index (κ1) is 13.1. The third-order valence-electron chi connectivity index (χ3n) is 3.05. The van der Waals surface area contributed by atoms with Crippen molar-refractivity contribution in [1.82, 2.24) is 9.97 Å². The number of aromatic nitrogens is 2. The van der Waals surface area contributed by atoms with Crippen LogP contribution in [-0.2, 0) is 0 Å². The molecule has 0 amide bonds. The van der Waals surface area contributed by atoms with E-state index in [-0.39, 0.29) is 10.8 Å². The fraction of sp³-hybridized carbons (Fsp3) is 0.286. The van der Waals surface area contributed by atoms with Gasteiger partial charge in [0.15, 0.2) is 11.6 Å². The number of anilines is 1. The second-order valence-electron chi connectivity index (χ2n) is 4.63. The van der Waals surface area contributed by atoms with E-state index < -0.39 is 5.82 Å². The molecule has 1 aromatic carbocycles. The van der Waals surface area contributed by atoms with Crippen LogP contribution in [0.4, 0.5) is 10.2 Å². The number of ether oxygens (including phenoxy) is 1. The van der Waals surface area contributed by atoms with E-state index in [2.05, 4.69) is 15.3 Å². The SMILES string of the molecule is CNc1cc(Oc2cccc(Cl)c2F)nc(C2CC2)n1. The summed E-state index contributed by atoms with van der Waals surface area (Å²) in [7, 11) is 1.77. The Morgan fingerprint density at radius 1 is 1.35 bits per heavy atom. The van der Waals surface area contributed by atoms with Gasteiger partial charge < -0.3 is 10.1 Å². The van der Waals surface area contributed by atoms with Crippen LogP contribution in [-0.4, -0.2) is 17.0 Å². The van der Waals surface area contributed by atoms with E-state index in [0.717, 1.165) is 18.7 Å². The molecule has 1 aromatic heterocycles. The zero-order valence-electron chi connectivity index (χ0n) is 10.9. The Labute approximate surface area is 121 Å². The van der Waals surface area contributed by atoms with Gasteiger partial charge in [-0.1, -0.05) is 17.7 Å². The van der Waals surface area contributed by atoms with Gasteiger partial charge in [0.1, 0.15) is 11.6 Å². The van der Waals surface area contributed by atoms with Gasteiger partial charge in [0, 0.05) is 19.0 Å². The highest BCUT2D eigenvalue weighted by Gasteiger charge is 2.27. The van der Waals surface area contributed by atoms with E-state index in [9.17, 15) is 4.39 Å². The van der Waals surface area contributed by atoms with Gasteiger partial charge in [-0.05, 0) is 25.0 Å². The monoisotopic (exact) mass is 293 g/mol. The highest BCUT2D eigenvalue weighted by molar-refractivity contribution is 6.30. The van der Waals surface area contributed by atoms with Crippen LogP contribution < -0.4 is 10.1 Å². The van der Waals surface area contributed by atoms with E-state index >= 15 is 0 Å². The van der Waals surface area contributed by atoms with Gasteiger partial charge in [0.05, 0.1) is 5.02 Å². The number of nitrogens with one attached hydrogen (secondary N) is 1. The van der Waals surface area contributed by atoms with Crippen molar-refractivity contribution in [2.45, 2.75) is 18.8 Å². The molecule has 0 spiro atoms. The van der Waals surface area contributed by atoms with Crippen LogP contribution in [0.1, 0.15) is 24.6 Å². The Hall–Kier alpha value is -1.88. The largest absolute Gasteiger partial charge is 0.436 e. The van der Waals surface area contributed by atoms with Gasteiger partial charge in [-0.2, -0.15) is 4.98 Å². The molecule has 0 bridgehead atoms. The summed E-state index contributed by atoms with van der Waals surface area (Å²) in [6.45, 7) is 0. The van der Waals surface area contributed by atoms with Gasteiger partial charge >= 0.3 is 0 Å². The van der Waals surface area contributed by atoms with Crippen LogP contribution in [0.25, 0.3) is 0 Å². The summed E-state index contributed by atoms with van der Waals surface area (Å²) < 4.78 is 19.3. The Morgan fingerprint density at radius 3 is 2.85 bits per heavy atom. The third kappa shape index (κ3) is 2.67. The van der Waals surface area contributed by atoms with E-state index in [1.54, 1.807) is 19.2 Å². The number of benzene rings is 1. The molecule has 0 unspecified atom stereocenters. The lowest BCUT2D eigenvalue weighted by Crippen LogP contribution is -2.01. The van der Waals surface area contributed by atoms with Crippen LogP contribution in [0, 0.1) is 5.82 Å². The molecule has 0 radical (unpaired) electrons. The molecule has 6 heteroatoms. The highest BCUT2D eigenvalue weighted by atomic mass is 35.5. The molecule has 3 rings (SSSR count). The van der Waals surface area contributed by atoms with Crippen molar-refractivity contribution in [2.24, 2.45) is 0 Å². The maximum atomic E-state index is 13.8. The molecule has 104 valence electrons. The zero-order valence-corrected chi connectivity index (χ0v) is 11.6. The fourth-order valence-corrected chi connectivity index (χ4v) is 1.99. The van der Waals surface area contributed by atoms with Crippen molar-refractivity contribution in [1.29, 1.82) is 0 Å². The van der Waals surface area contributed by atoms with Crippen LogP contribution in [0.2, 0.25) is 5.02 Å². The summed E-state index contributed by atoms with van der Waals surface area (Å²) in [6.07, 6.45) is 2.16. The summed E-state index contributed by atoms with van der Waals surface area (Å²) in [5.74, 6) is 1.54. The van der Waals surface area contributed by atoms with E-state index in [4.69, 9.17) is 16.3 Å². The molecule has 1 aliphatic rings. The lowest BCUT2D eigenvalue weighted by Gasteiger charge is -2.09. The smallest absolute Gasteiger partial charge is 0.224 e. The summed E-state index contributed by atoms with van der Waals surface area (Å²) in [6, 6.07) is 6.24. The second-order valence-corrected chi connectivity index (χ2v) is 5.04. The lowest BCUT2D eigenvalue weighted by atomic mass is 10.3. The minimum Gasteiger partial charge on any atom is -0.436 e. The van der Waals surface area contributed by atoms with Gasteiger partial charge in [-0.3, -0.25) is 0 Å². The molecule has 1 fully saturated rings. The summed E-state index contributed by atoms with van der Waals surface area (Å²) in [4.78, 5) is 8.70. The lowest BCUT2D eigenvalue weighted by molar-refractivity contribution is 0.425. The van der Waals surface area contributed by atoms with E-state index in [1.807, 2.05) is 0 Å². The molecule has 0 aliphatic heterocycles. The maximum Gasteiger partial charge on any atom is 0.224 e. The average molecular weight is 294 g/mol. The van der Waals surface area contributed by atoms with Crippen molar-refractivity contribution >= 4 is 17.4 Å². The Morgan fingerprint density at radius 2 is 2.15 bits per heavy atom. The van der Waals surface area contributed by atoms with Gasteiger partial charge in [0.2, 0.25) is 5.88 Å². The first-order valence-electron chi connectivity index (χ1n) is 6.36. The van der Waals surface area contributed by atoms with E-state index in [1.165, 1.54) is 12.1 Å². The molecule has 2 aromatic rings. The molecule has 1 aliphatic carbocycles. The second kappa shape index (κ2) is 5.25. The number of hydrogen-bond acceptors (Lipinski definition) is 4. The zero-order chi connectivity index (χ0) is 14.1. The van der Waals surface area contributed by atoms with E-state index in [0.29, 0.717) is 17.6 Å². The predicted molar refractivity (Wildman–Crippen MR) is 75.0 cm³/mol. The van der Waals surface area contributed by atoms with Crippen molar-refractivity contribution < 1.29 is 9.13 Å². The average Bonchev–Trinajstić information content (AvgIpc) is 3.28. The quantitative estimate of drug-likeness (QED) is 0.926. The number of nitrogens with zero attached hydrogens (tertiary/aromatic N) is 2. The molecule has 20 heavy (non-hydrogen) atoms. The van der Waals surface area contributed by atoms with Crippen molar-refractivity contribution in [3.63, 3.8) is 0 Å². The first-order valence-corrected chi connectivity index (χ1v) is 6.74. The molecule has 1 heterocycles. The highest BCUT2D eigenvalue weighted by Crippen LogP contribution is 2.39. The summed E-state index contributed by atoms with van der Waals surface area (Å²) in [5.41, 5.74) is 0. The van der Waals surface area contributed by atoms with Crippen LogP contribution in [0.3, 0.4) is 0 Å². The van der Waals surface area contributed by atoms with Crippen LogP contribution >= 0.6 is 11.6 Å². The minimum atomic E-state index is -0.591.